The molecule has 0 saturated carbocycles. The fourth-order valence-electron chi connectivity index (χ4n) is 9.18. The van der Waals surface area contributed by atoms with Crippen LogP contribution < -0.4 is 78.6 Å². The first kappa shape index (κ1) is 135. The normalized spacial score (nSPS) is 9.34. The van der Waals surface area contributed by atoms with Crippen LogP contribution in [0.1, 0.15) is 33.4 Å². The van der Waals surface area contributed by atoms with Crippen LogP contribution in [-0.4, -0.2) is 170 Å². The molecule has 3 radical (unpaired) electrons. The SMILES string of the molecule is [Fe+3].[Fe+3].[Fe+3].[I-].[I-].[O-2].[O-2].[O-2].[O-2].[O-]c1ccccc1C=NCCN(CCN=Cc1ccccc1[O-])CCN=Cc1ccccc1[O-].[O-]c1ccccc1C=NCCN(CCN=Cc1ccccc1[O-])CCN=Cc1ccccc1[O-].[U+4].[U+4].c1ccncc1.c1ccncc1.c1ccncc1.c1ccncc1.c1ccncc1.c1ccncc1.c1ccncc1.c1ccncc1.c1ccncc1. The number of halogens is 2. The summed E-state index contributed by atoms with van der Waals surface area (Å²) in [5.41, 5.74) is 3.39. The average molecular weight is 2580 g/mol. The fraction of sp³-hybridized carbons (Fsp3) is 0.121. The molecule has 27 nitrogen and oxygen atoms in total. The maximum Gasteiger partial charge on any atom is 4.00 e. The van der Waals surface area contributed by atoms with Crippen LogP contribution in [0.5, 0.6) is 34.5 Å². The summed E-state index contributed by atoms with van der Waals surface area (Å²) in [5.74, 6) is -0.311. The van der Waals surface area contributed by atoms with Crippen molar-refractivity contribution in [2.45, 2.75) is 0 Å². The monoisotopic (exact) mass is 2580 g/mol. The number of aromatic nitrogens is 9. The van der Waals surface area contributed by atoms with E-state index in [0.29, 0.717) is 112 Å². The van der Waals surface area contributed by atoms with Gasteiger partial charge in [0.25, 0.3) is 0 Å². The van der Waals surface area contributed by atoms with Gasteiger partial charge in [-0.05, 0) is 143 Å². The molecule has 0 aliphatic rings. The molecule has 9 heterocycles. The second-order valence-electron chi connectivity index (χ2n) is 24.3. The van der Waals surface area contributed by atoms with Crippen LogP contribution in [0, 0.1) is 62.2 Å². The summed E-state index contributed by atoms with van der Waals surface area (Å²) in [7, 11) is 0. The van der Waals surface area contributed by atoms with Crippen molar-refractivity contribution in [3.63, 3.8) is 0 Å². The van der Waals surface area contributed by atoms with Crippen molar-refractivity contribution in [2.75, 3.05) is 78.5 Å². The van der Waals surface area contributed by atoms with Crippen LogP contribution in [-0.2, 0) is 73.1 Å². The Morgan fingerprint density at radius 1 is 0.180 bits per heavy atom. The van der Waals surface area contributed by atoms with Gasteiger partial charge in [0.2, 0.25) is 0 Å². The molecule has 685 valence electrons. The van der Waals surface area contributed by atoms with Crippen LogP contribution >= 0.6 is 0 Å². The third-order valence-electron chi connectivity index (χ3n) is 15.3. The van der Waals surface area contributed by atoms with Crippen molar-refractivity contribution in [2.24, 2.45) is 30.0 Å². The Balaban J connectivity index is -0.000000290. The predicted molar refractivity (Wildman–Crippen MR) is 484 cm³/mol. The standard InChI is InChI=1S/2C27H30N4O3.9C5H5N.3Fe.2HI.4O.2U/c2*32-25-10-4-1-7-22(25)19-28-13-16-31(17-14-29-20-23-8-2-5-11-26(23)33)18-15-30-21-24-9-3-6-12-27(24)34;9*1-2-4-6-5-3-1;;;;;;;;;;;/h2*1-12,19-21,32-34H,13-18H2;9*1-5H;;;;2*1H;;;;;;/q;;;;;;;;;;;3*+3;;;4*-2;2*+4/p-8. The molecule has 0 atom stereocenters. The first-order valence-electron chi connectivity index (χ1n) is 38.9. The summed E-state index contributed by atoms with van der Waals surface area (Å²) in [6.07, 6.45) is 41.1. The van der Waals surface area contributed by atoms with E-state index >= 15 is 0 Å². The van der Waals surface area contributed by atoms with Crippen molar-refractivity contribution in [1.29, 1.82) is 0 Å². The average Bonchev–Trinajstić information content (AvgIpc) is 0.933. The van der Waals surface area contributed by atoms with E-state index < -0.39 is 0 Å². The molecule has 0 bridgehead atoms. The van der Waals surface area contributed by atoms with Crippen LogP contribution in [0.3, 0.4) is 0 Å². The van der Waals surface area contributed by atoms with Crippen molar-refractivity contribution in [3.8, 4) is 34.5 Å². The van der Waals surface area contributed by atoms with Crippen molar-refractivity contribution >= 4 is 37.3 Å². The largest absolute Gasteiger partial charge is 4.00 e. The van der Waals surface area contributed by atoms with E-state index in [2.05, 4.69) is 84.6 Å². The van der Waals surface area contributed by atoms with Crippen LogP contribution in [0.4, 0.5) is 0 Å². The first-order chi connectivity index (χ1) is 60.3. The molecule has 0 spiro atoms. The van der Waals surface area contributed by atoms with Crippen LogP contribution in [0.2, 0.25) is 0 Å². The zero-order valence-corrected chi connectivity index (χ0v) is 88.2. The van der Waals surface area contributed by atoms with E-state index in [4.69, 9.17) is 0 Å². The number of aliphatic imine (C=N–C) groups is 6. The third-order valence-corrected chi connectivity index (χ3v) is 15.3. The molecular formula is C99H99Fe3I2N17O10U2+. The number of para-hydroxylation sites is 6. The second-order valence-corrected chi connectivity index (χ2v) is 24.3. The molecule has 15 aromatic rings. The van der Waals surface area contributed by atoms with Gasteiger partial charge < -0.3 is 100 Å². The van der Waals surface area contributed by atoms with E-state index in [0.717, 1.165) is 0 Å². The minimum Gasteiger partial charge on any atom is -2.00 e. The molecule has 6 aromatic carbocycles. The summed E-state index contributed by atoms with van der Waals surface area (Å²) in [4.78, 5) is 64.7. The molecule has 34 heteroatoms. The predicted octanol–water partition coefficient (Wildman–Crippen LogP) is 6.99. The van der Waals surface area contributed by atoms with Crippen molar-refractivity contribution < 1.29 is 214 Å². The van der Waals surface area contributed by atoms with Gasteiger partial charge in [-0.3, -0.25) is 84.6 Å². The summed E-state index contributed by atoms with van der Waals surface area (Å²) in [6, 6.07) is 92.1. The van der Waals surface area contributed by atoms with Crippen molar-refractivity contribution in [3.05, 3.63) is 454 Å². The van der Waals surface area contributed by atoms with E-state index in [1.807, 2.05) is 200 Å². The Bertz CT molecular complexity index is 3990. The number of hydrogen-bond acceptors (Lipinski definition) is 23. The van der Waals surface area contributed by atoms with Gasteiger partial charge in [-0.15, -0.1) is 34.5 Å². The van der Waals surface area contributed by atoms with Gasteiger partial charge in [0.05, 0.1) is 39.3 Å². The third kappa shape index (κ3) is 75.5. The molecule has 0 aliphatic carbocycles. The molecule has 0 N–H and O–H groups in total. The van der Waals surface area contributed by atoms with E-state index in [1.165, 1.54) is 36.4 Å². The minimum absolute atomic E-state index is 0. The fourth-order valence-corrected chi connectivity index (χ4v) is 9.18. The quantitative estimate of drug-likeness (QED) is 0.0334. The van der Waals surface area contributed by atoms with Gasteiger partial charge in [0.1, 0.15) is 0 Å². The topological polar surface area (TPSA) is 449 Å². The molecule has 0 unspecified atom stereocenters. The first-order valence-corrected chi connectivity index (χ1v) is 38.9. The second kappa shape index (κ2) is 98.9. The van der Waals surface area contributed by atoms with Gasteiger partial charge in [0, 0.05) is 188 Å². The van der Waals surface area contributed by atoms with Gasteiger partial charge in [-0.1, -0.05) is 200 Å². The Morgan fingerprint density at radius 2 is 0.286 bits per heavy atom. The summed E-state index contributed by atoms with van der Waals surface area (Å²) < 4.78 is 0. The molecular weight excluding hydrogens is 2480 g/mol. The molecule has 9 aromatic heterocycles. The van der Waals surface area contributed by atoms with Gasteiger partial charge in [0.15, 0.2) is 0 Å². The number of rotatable bonds is 24. The molecule has 0 amide bonds. The van der Waals surface area contributed by atoms with Crippen LogP contribution in [0.25, 0.3) is 0 Å². The van der Waals surface area contributed by atoms with Gasteiger partial charge in [-0.25, -0.2) is 0 Å². The molecule has 15 rings (SSSR count). The molecule has 0 aliphatic heterocycles. The molecule has 0 fully saturated rings. The maximum absolute atomic E-state index is 11.8. The smallest absolute Gasteiger partial charge is 2.00 e. The number of hydrogen-bond donors (Lipinski definition) is 0. The number of nitrogens with zero attached hydrogens (tertiary/aromatic N) is 17. The summed E-state index contributed by atoms with van der Waals surface area (Å²) >= 11 is 0. The molecule has 133 heavy (non-hydrogen) atoms. The summed E-state index contributed by atoms with van der Waals surface area (Å²) in [5, 5.41) is 70.8. The summed E-state index contributed by atoms with van der Waals surface area (Å²) in [6.45, 7) is 7.13. The number of pyridine rings is 9. The Morgan fingerprint density at radius 3 is 0.368 bits per heavy atom. The van der Waals surface area contributed by atoms with E-state index in [1.54, 1.807) is 222 Å². The van der Waals surface area contributed by atoms with Gasteiger partial charge >= 0.3 is 113 Å². The van der Waals surface area contributed by atoms with E-state index in [9.17, 15) is 30.6 Å². The Labute approximate surface area is 893 Å². The molecule has 0 saturated heterocycles. The minimum atomic E-state index is -0.0518. The van der Waals surface area contributed by atoms with Crippen LogP contribution in [0.15, 0.2) is 451 Å². The Hall–Kier alpha value is -10.6. The number of benzene rings is 6. The Kier molecular flexibility index (Phi) is 101. The zero-order chi connectivity index (χ0) is 86.2. The van der Waals surface area contributed by atoms with Gasteiger partial charge in [-0.2, -0.15) is 0 Å². The maximum atomic E-state index is 11.8. The van der Waals surface area contributed by atoms with Crippen molar-refractivity contribution in [1.82, 2.24) is 54.7 Å². The van der Waals surface area contributed by atoms with E-state index in [-0.39, 0.29) is 218 Å². The zero-order valence-electron chi connectivity index (χ0n) is 72.3.